The van der Waals surface area contributed by atoms with Gasteiger partial charge in [0.25, 0.3) is 0 Å². The first kappa shape index (κ1) is 14.8. The van der Waals surface area contributed by atoms with Crippen molar-refractivity contribution in [1.29, 1.82) is 0 Å². The highest BCUT2D eigenvalue weighted by Gasteiger charge is 2.32. The van der Waals surface area contributed by atoms with Crippen LogP contribution in [0.1, 0.15) is 26.3 Å². The zero-order valence-corrected chi connectivity index (χ0v) is 11.9. The molecule has 98 valence electrons. The highest BCUT2D eigenvalue weighted by Crippen LogP contribution is 2.29. The van der Waals surface area contributed by atoms with Crippen LogP contribution in [0.5, 0.6) is 0 Å². The molecule has 0 N–H and O–H groups in total. The maximum Gasteiger partial charge on any atom is 0.315 e. The van der Waals surface area contributed by atoms with Gasteiger partial charge in [0.2, 0.25) is 0 Å². The van der Waals surface area contributed by atoms with Gasteiger partial charge in [0.1, 0.15) is 0 Å². The molecule has 0 unspecified atom stereocenters. The highest BCUT2D eigenvalue weighted by atomic mass is 35.5. The van der Waals surface area contributed by atoms with Crippen LogP contribution in [0, 0.1) is 5.41 Å². The molecule has 0 atom stereocenters. The Hall–Kier alpha value is -1.28. The molecule has 0 saturated carbocycles. The van der Waals surface area contributed by atoms with E-state index in [1.54, 1.807) is 6.92 Å². The Labute approximate surface area is 114 Å². The van der Waals surface area contributed by atoms with Gasteiger partial charge in [-0.25, -0.2) is 0 Å². The van der Waals surface area contributed by atoms with Crippen LogP contribution in [-0.4, -0.2) is 12.6 Å². The summed E-state index contributed by atoms with van der Waals surface area (Å²) in [6, 6.07) is 7.55. The molecule has 0 aromatic heterocycles. The van der Waals surface area contributed by atoms with Crippen molar-refractivity contribution < 1.29 is 9.53 Å². The van der Waals surface area contributed by atoms with Crippen molar-refractivity contribution in [3.8, 4) is 0 Å². The fraction of sp³-hybridized carbons (Fsp3) is 0.400. The van der Waals surface area contributed by atoms with Gasteiger partial charge in [-0.3, -0.25) is 4.79 Å². The summed E-state index contributed by atoms with van der Waals surface area (Å²) >= 11 is 5.83. The van der Waals surface area contributed by atoms with Crippen LogP contribution in [0.25, 0.3) is 0 Å². The van der Waals surface area contributed by atoms with Crippen molar-refractivity contribution in [2.24, 2.45) is 5.41 Å². The zero-order valence-electron chi connectivity index (χ0n) is 11.1. The van der Waals surface area contributed by atoms with E-state index in [2.05, 4.69) is 6.58 Å². The number of rotatable bonds is 5. The number of hydrogen-bond donors (Lipinski definition) is 0. The summed E-state index contributed by atoms with van der Waals surface area (Å²) in [4.78, 5) is 11.8. The van der Waals surface area contributed by atoms with Crippen LogP contribution < -0.4 is 0 Å². The Morgan fingerprint density at radius 2 is 1.89 bits per heavy atom. The number of carbonyl (C=O) groups excluding carboxylic acids is 1. The normalized spacial score (nSPS) is 11.1. The second-order valence-corrected chi connectivity index (χ2v) is 5.19. The van der Waals surface area contributed by atoms with Crippen molar-refractivity contribution in [2.45, 2.75) is 27.2 Å². The van der Waals surface area contributed by atoms with Crippen LogP contribution >= 0.6 is 11.6 Å². The van der Waals surface area contributed by atoms with E-state index in [4.69, 9.17) is 16.3 Å². The molecule has 3 heteroatoms. The van der Waals surface area contributed by atoms with Gasteiger partial charge in [0, 0.05) is 5.02 Å². The Morgan fingerprint density at radius 1 is 1.33 bits per heavy atom. The van der Waals surface area contributed by atoms with Gasteiger partial charge in [0.15, 0.2) is 0 Å². The van der Waals surface area contributed by atoms with E-state index < -0.39 is 5.41 Å². The molecule has 0 fully saturated rings. The minimum Gasteiger partial charge on any atom is -0.465 e. The number of ether oxygens (including phenoxy) is 1. The Kier molecular flexibility index (Phi) is 4.97. The lowest BCUT2D eigenvalue weighted by atomic mass is 9.82. The predicted octanol–water partition coefficient (Wildman–Crippen LogP) is 4.03. The third-order valence-electron chi connectivity index (χ3n) is 3.00. The number of carbonyl (C=O) groups is 1. The van der Waals surface area contributed by atoms with E-state index >= 15 is 0 Å². The molecule has 1 aromatic carbocycles. The number of hydrogen-bond acceptors (Lipinski definition) is 2. The minimum atomic E-state index is -0.671. The summed E-state index contributed by atoms with van der Waals surface area (Å²) < 4.78 is 5.06. The smallest absolute Gasteiger partial charge is 0.315 e. The third-order valence-corrected chi connectivity index (χ3v) is 3.25. The lowest BCUT2D eigenvalue weighted by molar-refractivity contribution is -0.151. The van der Waals surface area contributed by atoms with E-state index in [1.165, 1.54) is 0 Å². The first-order valence-electron chi connectivity index (χ1n) is 5.98. The first-order chi connectivity index (χ1) is 8.37. The second kappa shape index (κ2) is 6.05. The van der Waals surface area contributed by atoms with Gasteiger partial charge in [-0.15, -0.1) is 0 Å². The standard InChI is InChI=1S/C15H19ClO2/c1-5-18-14(17)15(3,4)11(2)10-12-6-8-13(16)9-7-12/h6-9H,2,5,10H2,1,3-4H3. The Bertz CT molecular complexity index is 432. The molecule has 0 amide bonds. The summed E-state index contributed by atoms with van der Waals surface area (Å²) in [5.74, 6) is -0.232. The maximum absolute atomic E-state index is 11.8. The van der Waals surface area contributed by atoms with Crippen molar-refractivity contribution in [3.05, 3.63) is 47.0 Å². The highest BCUT2D eigenvalue weighted by molar-refractivity contribution is 6.30. The quantitative estimate of drug-likeness (QED) is 0.594. The topological polar surface area (TPSA) is 26.3 Å². The van der Waals surface area contributed by atoms with Gasteiger partial charge in [0.05, 0.1) is 12.0 Å². The largest absolute Gasteiger partial charge is 0.465 e. The number of halogens is 1. The fourth-order valence-corrected chi connectivity index (χ4v) is 1.65. The average Bonchev–Trinajstić information content (AvgIpc) is 2.32. The molecule has 18 heavy (non-hydrogen) atoms. The monoisotopic (exact) mass is 266 g/mol. The Balaban J connectivity index is 2.75. The summed E-state index contributed by atoms with van der Waals surface area (Å²) in [7, 11) is 0. The van der Waals surface area contributed by atoms with Gasteiger partial charge in [-0.2, -0.15) is 0 Å². The van der Waals surface area contributed by atoms with Crippen molar-refractivity contribution >= 4 is 17.6 Å². The van der Waals surface area contributed by atoms with Gasteiger partial charge in [-0.05, 0) is 44.9 Å². The van der Waals surface area contributed by atoms with E-state index in [0.29, 0.717) is 18.1 Å². The van der Waals surface area contributed by atoms with Crippen LogP contribution in [0.4, 0.5) is 0 Å². The molecule has 0 aliphatic rings. The Morgan fingerprint density at radius 3 is 2.39 bits per heavy atom. The van der Waals surface area contributed by atoms with Crippen LogP contribution in [0.15, 0.2) is 36.4 Å². The van der Waals surface area contributed by atoms with Crippen LogP contribution in [0.2, 0.25) is 5.02 Å². The van der Waals surface area contributed by atoms with E-state index in [9.17, 15) is 4.79 Å². The molecule has 1 rings (SSSR count). The van der Waals surface area contributed by atoms with Crippen molar-refractivity contribution in [2.75, 3.05) is 6.61 Å². The minimum absolute atomic E-state index is 0.232. The lowest BCUT2D eigenvalue weighted by Crippen LogP contribution is -2.29. The molecule has 0 aliphatic carbocycles. The number of benzene rings is 1. The fourth-order valence-electron chi connectivity index (χ4n) is 1.53. The van der Waals surface area contributed by atoms with E-state index in [0.717, 1.165) is 11.1 Å². The summed E-state index contributed by atoms with van der Waals surface area (Å²) in [6.45, 7) is 9.87. The average molecular weight is 267 g/mol. The lowest BCUT2D eigenvalue weighted by Gasteiger charge is -2.25. The summed E-state index contributed by atoms with van der Waals surface area (Å²) in [5.41, 5.74) is 1.25. The van der Waals surface area contributed by atoms with Gasteiger partial charge < -0.3 is 4.74 Å². The molecule has 0 radical (unpaired) electrons. The van der Waals surface area contributed by atoms with Crippen molar-refractivity contribution in [1.82, 2.24) is 0 Å². The molecule has 0 aliphatic heterocycles. The molecular formula is C15H19ClO2. The molecular weight excluding hydrogens is 248 g/mol. The first-order valence-corrected chi connectivity index (χ1v) is 6.35. The summed E-state index contributed by atoms with van der Waals surface area (Å²) in [6.07, 6.45) is 0.642. The third kappa shape index (κ3) is 3.61. The van der Waals surface area contributed by atoms with Gasteiger partial charge in [-0.1, -0.05) is 35.9 Å². The molecule has 0 bridgehead atoms. The second-order valence-electron chi connectivity index (χ2n) is 4.75. The molecule has 0 spiro atoms. The molecule has 1 aromatic rings. The SMILES string of the molecule is C=C(Cc1ccc(Cl)cc1)C(C)(C)C(=O)OCC. The van der Waals surface area contributed by atoms with E-state index in [1.807, 2.05) is 38.1 Å². The predicted molar refractivity (Wildman–Crippen MR) is 74.7 cm³/mol. The summed E-state index contributed by atoms with van der Waals surface area (Å²) in [5, 5.41) is 0.703. The zero-order chi connectivity index (χ0) is 13.8. The molecule has 0 saturated heterocycles. The number of esters is 1. The maximum atomic E-state index is 11.8. The molecule has 0 heterocycles. The molecule has 2 nitrogen and oxygen atoms in total. The van der Waals surface area contributed by atoms with Crippen LogP contribution in [0.3, 0.4) is 0 Å². The van der Waals surface area contributed by atoms with Crippen LogP contribution in [-0.2, 0) is 16.0 Å². The van der Waals surface area contributed by atoms with Crippen molar-refractivity contribution in [3.63, 3.8) is 0 Å². The van der Waals surface area contributed by atoms with Gasteiger partial charge >= 0.3 is 5.97 Å². The van der Waals surface area contributed by atoms with E-state index in [-0.39, 0.29) is 5.97 Å².